The van der Waals surface area contributed by atoms with E-state index in [9.17, 15) is 14.7 Å². The van der Waals surface area contributed by atoms with Gasteiger partial charge in [0.15, 0.2) is 6.40 Å². The number of pyridine rings is 1. The number of fused-ring (bicyclic) bond motifs is 1. The fourth-order valence-corrected chi connectivity index (χ4v) is 3.97. The molecule has 4 N–H and O–H groups in total. The first-order chi connectivity index (χ1) is 17.5. The molecule has 3 heterocycles. The number of carbonyl (C=O) groups is 2. The van der Waals surface area contributed by atoms with Crippen LogP contribution in [-0.4, -0.2) is 69.6 Å². The molecule has 2 aromatic carbocycles. The Morgan fingerprint density at radius 3 is 2.94 bits per heavy atom. The Hall–Kier alpha value is -4.93. The van der Waals surface area contributed by atoms with Crippen LogP contribution in [0.5, 0.6) is 11.6 Å². The van der Waals surface area contributed by atoms with Crippen molar-refractivity contribution in [3.63, 3.8) is 0 Å². The largest absolute Gasteiger partial charge is 0.507 e. The number of amides is 2. The standard InChI is InChI=1S/C25H22N6O5/c26-14-36-24-17(2-1-7-28-24)15-4-6-21(32)18(12-15)22-29-19-5-3-16(13-20(19)30-22)23(33)27-8-9-31-10-11-35-25(31)34/h1-7,12-14,26,32H,8-11H2,(H,27,33)(H,29,30). The number of nitrogens with zero attached hydrogens (tertiary/aromatic N) is 3. The molecular weight excluding hydrogens is 464 g/mol. The van der Waals surface area contributed by atoms with Crippen LogP contribution < -0.4 is 10.1 Å². The van der Waals surface area contributed by atoms with Crippen LogP contribution in [-0.2, 0) is 4.74 Å². The van der Waals surface area contributed by atoms with Crippen molar-refractivity contribution in [2.45, 2.75) is 0 Å². The predicted molar refractivity (Wildman–Crippen MR) is 131 cm³/mol. The van der Waals surface area contributed by atoms with Gasteiger partial charge >= 0.3 is 6.09 Å². The summed E-state index contributed by atoms with van der Waals surface area (Å²) in [6.07, 6.45) is 2.00. The molecule has 0 bridgehead atoms. The highest BCUT2D eigenvalue weighted by molar-refractivity contribution is 5.97. The highest BCUT2D eigenvalue weighted by Crippen LogP contribution is 2.35. The van der Waals surface area contributed by atoms with Crippen LogP contribution in [0.25, 0.3) is 33.5 Å². The molecule has 1 aliphatic heterocycles. The molecule has 11 heteroatoms. The summed E-state index contributed by atoms with van der Waals surface area (Å²) in [5.74, 6) is 0.439. The lowest BCUT2D eigenvalue weighted by Gasteiger charge is -2.12. The zero-order chi connectivity index (χ0) is 25.1. The lowest BCUT2D eigenvalue weighted by Crippen LogP contribution is -2.35. The summed E-state index contributed by atoms with van der Waals surface area (Å²) >= 11 is 0. The number of ether oxygens (including phenoxy) is 2. The Morgan fingerprint density at radius 2 is 2.14 bits per heavy atom. The molecule has 0 atom stereocenters. The van der Waals surface area contributed by atoms with Crippen LogP contribution in [0.2, 0.25) is 0 Å². The van der Waals surface area contributed by atoms with Crippen LogP contribution >= 0.6 is 0 Å². The molecule has 1 aliphatic rings. The summed E-state index contributed by atoms with van der Waals surface area (Å²) in [7, 11) is 0. The van der Waals surface area contributed by atoms with Gasteiger partial charge in [0.05, 0.1) is 23.1 Å². The lowest BCUT2D eigenvalue weighted by atomic mass is 10.0. The van der Waals surface area contributed by atoms with Gasteiger partial charge in [-0.3, -0.25) is 10.2 Å². The molecule has 0 aliphatic carbocycles. The quantitative estimate of drug-likeness (QED) is 0.220. The third kappa shape index (κ3) is 4.53. The van der Waals surface area contributed by atoms with Crippen molar-refractivity contribution in [2.24, 2.45) is 0 Å². The first-order valence-electron chi connectivity index (χ1n) is 11.2. The van der Waals surface area contributed by atoms with Crippen LogP contribution in [0.15, 0.2) is 54.7 Å². The highest BCUT2D eigenvalue weighted by Gasteiger charge is 2.21. The maximum absolute atomic E-state index is 12.6. The number of carbonyl (C=O) groups excluding carboxylic acids is 2. The van der Waals surface area contributed by atoms with Gasteiger partial charge in [-0.15, -0.1) is 0 Å². The molecule has 5 rings (SSSR count). The van der Waals surface area contributed by atoms with E-state index in [1.165, 1.54) is 4.90 Å². The van der Waals surface area contributed by atoms with E-state index in [4.69, 9.17) is 14.9 Å². The fourth-order valence-electron chi connectivity index (χ4n) is 3.97. The third-order valence-corrected chi connectivity index (χ3v) is 5.76. The second-order valence-corrected chi connectivity index (χ2v) is 8.00. The molecule has 4 aromatic rings. The van der Waals surface area contributed by atoms with Gasteiger partial charge in [-0.2, -0.15) is 0 Å². The number of hydrogen-bond donors (Lipinski definition) is 4. The van der Waals surface area contributed by atoms with E-state index in [1.807, 2.05) is 0 Å². The second kappa shape index (κ2) is 9.74. The number of hydrogen-bond acceptors (Lipinski definition) is 8. The number of aromatic hydroxyl groups is 1. The number of benzene rings is 2. The van der Waals surface area contributed by atoms with Gasteiger partial charge in [-0.1, -0.05) is 6.07 Å². The Labute approximate surface area is 205 Å². The average molecular weight is 486 g/mol. The molecule has 0 spiro atoms. The maximum Gasteiger partial charge on any atom is 0.409 e. The number of nitrogens with one attached hydrogen (secondary N) is 3. The molecular formula is C25H22N6O5. The lowest BCUT2D eigenvalue weighted by molar-refractivity contribution is 0.0949. The molecule has 1 fully saturated rings. The van der Waals surface area contributed by atoms with Crippen molar-refractivity contribution >= 4 is 29.4 Å². The Bertz CT molecular complexity index is 1470. The first-order valence-corrected chi connectivity index (χ1v) is 11.2. The number of aromatic amines is 1. The van der Waals surface area contributed by atoms with E-state index in [2.05, 4.69) is 20.3 Å². The first kappa shape index (κ1) is 22.8. The number of H-pyrrole nitrogens is 1. The number of phenolic OH excluding ortho intramolecular Hbond substituents is 1. The Balaban J connectivity index is 1.37. The maximum atomic E-state index is 12.6. The average Bonchev–Trinajstić information content (AvgIpc) is 3.50. The van der Waals surface area contributed by atoms with Gasteiger partial charge in [-0.05, 0) is 48.0 Å². The van der Waals surface area contributed by atoms with E-state index < -0.39 is 0 Å². The monoisotopic (exact) mass is 486 g/mol. The minimum absolute atomic E-state index is 0.0228. The van der Waals surface area contributed by atoms with Gasteiger partial charge < -0.3 is 29.8 Å². The topological polar surface area (TPSA) is 154 Å². The summed E-state index contributed by atoms with van der Waals surface area (Å²) in [5.41, 5.74) is 3.51. The molecule has 182 valence electrons. The van der Waals surface area contributed by atoms with Gasteiger partial charge in [0, 0.05) is 30.4 Å². The molecule has 2 amide bonds. The zero-order valence-corrected chi connectivity index (χ0v) is 19.0. The van der Waals surface area contributed by atoms with Gasteiger partial charge in [0.25, 0.3) is 5.91 Å². The van der Waals surface area contributed by atoms with Crippen LogP contribution in [0, 0.1) is 5.41 Å². The van der Waals surface area contributed by atoms with Crippen molar-refractivity contribution in [3.05, 3.63) is 60.3 Å². The number of imidazole rings is 1. The van der Waals surface area contributed by atoms with Crippen LogP contribution in [0.1, 0.15) is 10.4 Å². The van der Waals surface area contributed by atoms with Gasteiger partial charge in [0.1, 0.15) is 18.2 Å². The van der Waals surface area contributed by atoms with E-state index in [1.54, 1.807) is 54.7 Å². The summed E-state index contributed by atoms with van der Waals surface area (Å²) in [6, 6.07) is 13.6. The molecule has 2 aromatic heterocycles. The smallest absolute Gasteiger partial charge is 0.409 e. The van der Waals surface area contributed by atoms with Crippen molar-refractivity contribution in [1.82, 2.24) is 25.2 Å². The van der Waals surface area contributed by atoms with Crippen LogP contribution in [0.3, 0.4) is 0 Å². The van der Waals surface area contributed by atoms with Gasteiger partial charge in [0.2, 0.25) is 5.88 Å². The summed E-state index contributed by atoms with van der Waals surface area (Å²) in [5, 5.41) is 20.6. The van der Waals surface area contributed by atoms with E-state index in [-0.39, 0.29) is 23.6 Å². The highest BCUT2D eigenvalue weighted by atomic mass is 16.6. The molecule has 0 unspecified atom stereocenters. The van der Waals surface area contributed by atoms with Crippen molar-refractivity contribution in [2.75, 3.05) is 26.2 Å². The summed E-state index contributed by atoms with van der Waals surface area (Å²) in [6.45, 7) is 1.56. The normalized spacial score (nSPS) is 13.0. The molecule has 0 saturated carbocycles. The van der Waals surface area contributed by atoms with Crippen molar-refractivity contribution in [3.8, 4) is 34.1 Å². The van der Waals surface area contributed by atoms with Gasteiger partial charge in [-0.25, -0.2) is 14.8 Å². The fraction of sp³-hybridized carbons (Fsp3) is 0.160. The predicted octanol–water partition coefficient (Wildman–Crippen LogP) is 3.17. The SMILES string of the molecule is N=COc1ncccc1-c1ccc(O)c(-c2nc3ccc(C(=O)NCCN4CCOC4=O)cc3[nH]2)c1. The molecule has 0 radical (unpaired) electrons. The number of cyclic esters (lactones) is 1. The summed E-state index contributed by atoms with van der Waals surface area (Å²) < 4.78 is 10.1. The van der Waals surface area contributed by atoms with Crippen molar-refractivity contribution in [1.29, 1.82) is 5.41 Å². The summed E-state index contributed by atoms with van der Waals surface area (Å²) in [4.78, 5) is 37.5. The molecule has 11 nitrogen and oxygen atoms in total. The molecule has 36 heavy (non-hydrogen) atoms. The molecule has 1 saturated heterocycles. The number of rotatable bonds is 8. The van der Waals surface area contributed by atoms with Crippen molar-refractivity contribution < 1.29 is 24.2 Å². The Kier molecular flexibility index (Phi) is 6.18. The minimum Gasteiger partial charge on any atom is -0.507 e. The third-order valence-electron chi connectivity index (χ3n) is 5.76. The Morgan fingerprint density at radius 1 is 1.25 bits per heavy atom. The number of aromatic nitrogens is 3. The van der Waals surface area contributed by atoms with E-state index in [0.29, 0.717) is 59.8 Å². The second-order valence-electron chi connectivity index (χ2n) is 8.00. The van der Waals surface area contributed by atoms with E-state index in [0.717, 1.165) is 12.0 Å². The number of phenols is 1. The van der Waals surface area contributed by atoms with Crippen LogP contribution in [0.4, 0.5) is 4.79 Å². The minimum atomic E-state index is -0.370. The zero-order valence-electron chi connectivity index (χ0n) is 19.0. The van der Waals surface area contributed by atoms with E-state index >= 15 is 0 Å².